The molecule has 13 heteroatoms. The van der Waals surface area contributed by atoms with Crippen LogP contribution in [-0.2, 0) is 20.8 Å². The van der Waals surface area contributed by atoms with E-state index in [2.05, 4.69) is 11.4 Å². The van der Waals surface area contributed by atoms with E-state index in [0.717, 1.165) is 4.88 Å². The second-order valence-corrected chi connectivity index (χ2v) is 13.4. The quantitative estimate of drug-likeness (QED) is 0.567. The van der Waals surface area contributed by atoms with E-state index in [1.807, 2.05) is 19.2 Å². The molecule has 0 aromatic carbocycles. The van der Waals surface area contributed by atoms with Crippen molar-refractivity contribution in [3.63, 3.8) is 0 Å². The van der Waals surface area contributed by atoms with Crippen molar-refractivity contribution in [2.75, 3.05) is 20.1 Å². The molecule has 1 saturated heterocycles. The largest absolute Gasteiger partial charge is 0.471 e. The van der Waals surface area contributed by atoms with Gasteiger partial charge in [0.25, 0.3) is 5.91 Å². The molecule has 2 fully saturated rings. The van der Waals surface area contributed by atoms with Crippen LogP contribution in [-0.4, -0.2) is 71.8 Å². The van der Waals surface area contributed by atoms with Gasteiger partial charge in [-0.05, 0) is 28.7 Å². The Morgan fingerprint density at radius 1 is 1.21 bits per heavy atom. The van der Waals surface area contributed by atoms with Crippen LogP contribution in [0.1, 0.15) is 60.8 Å². The summed E-state index contributed by atoms with van der Waals surface area (Å²) in [6.45, 7) is 9.20. The Morgan fingerprint density at radius 2 is 1.85 bits per heavy atom. The third-order valence-corrected chi connectivity index (χ3v) is 9.45. The van der Waals surface area contributed by atoms with E-state index in [1.165, 1.54) is 37.0 Å². The Balaban J connectivity index is 1.59. The van der Waals surface area contributed by atoms with Gasteiger partial charge in [0, 0.05) is 36.3 Å². The highest BCUT2D eigenvalue weighted by Gasteiger charge is 2.70. The number of likely N-dealkylation sites (N-methyl/N-ethyl adjacent to an activating group) is 1. The number of rotatable bonds is 5. The molecule has 4 amide bonds. The number of nitrogens with one attached hydrogen (secondary N) is 2. The third-order valence-electron chi connectivity index (χ3n) is 8.19. The number of hydrogen-bond acceptors (Lipinski definition) is 6. The first-order valence-corrected chi connectivity index (χ1v) is 13.5. The smallest absolute Gasteiger partial charge is 0.341 e. The van der Waals surface area contributed by atoms with Gasteiger partial charge in [-0.25, -0.2) is 0 Å². The Bertz CT molecular complexity index is 1260. The molecule has 3 heterocycles. The van der Waals surface area contributed by atoms with Crippen LogP contribution < -0.4 is 10.6 Å². The Labute approximate surface area is 228 Å². The number of piperidine rings is 1. The van der Waals surface area contributed by atoms with Crippen LogP contribution in [0.25, 0.3) is 0 Å². The number of thiophene rings is 1. The van der Waals surface area contributed by atoms with Crippen LogP contribution in [0.2, 0.25) is 0 Å². The van der Waals surface area contributed by atoms with Crippen LogP contribution in [0.15, 0.2) is 6.07 Å². The van der Waals surface area contributed by atoms with Gasteiger partial charge in [0.15, 0.2) is 6.04 Å². The van der Waals surface area contributed by atoms with Gasteiger partial charge >= 0.3 is 12.1 Å². The number of nitriles is 1. The average Bonchev–Trinajstić information content (AvgIpc) is 3.21. The summed E-state index contributed by atoms with van der Waals surface area (Å²) in [4.78, 5) is 55.7. The Hall–Kier alpha value is -3.14. The van der Waals surface area contributed by atoms with Gasteiger partial charge in [0.2, 0.25) is 11.8 Å². The van der Waals surface area contributed by atoms with Crippen LogP contribution in [0.3, 0.4) is 0 Å². The van der Waals surface area contributed by atoms with Gasteiger partial charge in [0.1, 0.15) is 12.1 Å². The zero-order chi connectivity index (χ0) is 29.2. The fourth-order valence-electron chi connectivity index (χ4n) is 5.77. The second kappa shape index (κ2) is 9.50. The number of nitrogens with zero attached hydrogens (tertiary/aromatic N) is 3. The number of halogens is 3. The van der Waals surface area contributed by atoms with Crippen molar-refractivity contribution < 1.29 is 32.3 Å². The molecule has 1 aliphatic carbocycles. The van der Waals surface area contributed by atoms with Crippen LogP contribution in [0.5, 0.6) is 0 Å². The second-order valence-electron chi connectivity index (χ2n) is 12.2. The fraction of sp³-hybridized carbons (Fsp3) is 0.654. The molecule has 2 N–H and O–H groups in total. The van der Waals surface area contributed by atoms with Crippen LogP contribution in [0, 0.1) is 34.0 Å². The minimum atomic E-state index is -5.17. The summed E-state index contributed by atoms with van der Waals surface area (Å²) in [6, 6.07) is 0.0383. The highest BCUT2D eigenvalue weighted by atomic mass is 32.1. The molecule has 1 saturated carbocycles. The molecule has 0 spiro atoms. The molecular formula is C26H32F3N5O4S. The molecule has 0 radical (unpaired) electrons. The molecule has 0 bridgehead atoms. The number of fused-ring (bicyclic) bond motifs is 2. The Kier molecular flexibility index (Phi) is 7.03. The van der Waals surface area contributed by atoms with Crippen LogP contribution >= 0.6 is 11.3 Å². The summed E-state index contributed by atoms with van der Waals surface area (Å²) in [6.07, 6.45) is -4.54. The van der Waals surface area contributed by atoms with E-state index in [0.29, 0.717) is 23.4 Å². The van der Waals surface area contributed by atoms with E-state index < -0.39 is 47.4 Å². The summed E-state index contributed by atoms with van der Waals surface area (Å²) in [5.74, 6) is -4.08. The lowest BCUT2D eigenvalue weighted by Crippen LogP contribution is -2.60. The van der Waals surface area contributed by atoms with Crippen molar-refractivity contribution in [1.82, 2.24) is 20.4 Å². The van der Waals surface area contributed by atoms with Crippen molar-refractivity contribution in [3.8, 4) is 6.07 Å². The highest BCUT2D eigenvalue weighted by Crippen LogP contribution is 2.65. The minimum Gasteiger partial charge on any atom is -0.341 e. The molecule has 2 aliphatic heterocycles. The van der Waals surface area contributed by atoms with E-state index in [-0.39, 0.29) is 29.7 Å². The average molecular weight is 568 g/mol. The number of carbonyl (C=O) groups is 4. The molecule has 1 aromatic heterocycles. The lowest BCUT2D eigenvalue weighted by Gasteiger charge is -2.37. The van der Waals surface area contributed by atoms with Gasteiger partial charge in [0.05, 0.1) is 11.6 Å². The zero-order valence-corrected chi connectivity index (χ0v) is 23.4. The summed E-state index contributed by atoms with van der Waals surface area (Å²) >= 11 is 1.27. The monoisotopic (exact) mass is 567 g/mol. The molecule has 212 valence electrons. The van der Waals surface area contributed by atoms with Crippen molar-refractivity contribution in [3.05, 3.63) is 21.4 Å². The summed E-state index contributed by atoms with van der Waals surface area (Å²) in [5, 5.41) is 14.4. The van der Waals surface area contributed by atoms with Crippen molar-refractivity contribution >= 4 is 35.0 Å². The number of alkyl halides is 3. The zero-order valence-electron chi connectivity index (χ0n) is 22.6. The molecule has 4 rings (SSSR count). The highest BCUT2D eigenvalue weighted by molar-refractivity contribution is 7.12. The maximum absolute atomic E-state index is 13.6. The SMILES string of the molecule is CN1CCc2sc(C(C#N)NC(=O)[C@@H]3[C@@H]4[C@H](CN3C(=O)[C@@H](NC(=O)C(F)(F)F)C(C)(C)C)C4(C)C)cc2C1=O. The van der Waals surface area contributed by atoms with Gasteiger partial charge in [-0.1, -0.05) is 34.6 Å². The van der Waals surface area contributed by atoms with E-state index in [9.17, 15) is 37.6 Å². The normalized spacial score (nSPS) is 25.2. The van der Waals surface area contributed by atoms with Gasteiger partial charge in [-0.2, -0.15) is 18.4 Å². The third kappa shape index (κ3) is 5.11. The van der Waals surface area contributed by atoms with Crippen molar-refractivity contribution in [1.29, 1.82) is 5.26 Å². The van der Waals surface area contributed by atoms with E-state index in [4.69, 9.17) is 0 Å². The predicted octanol–water partition coefficient (Wildman–Crippen LogP) is 2.63. The topological polar surface area (TPSA) is 123 Å². The Morgan fingerprint density at radius 3 is 2.41 bits per heavy atom. The van der Waals surface area contributed by atoms with Crippen molar-refractivity contribution in [2.24, 2.45) is 22.7 Å². The lowest BCUT2D eigenvalue weighted by atomic mass is 9.85. The summed E-state index contributed by atoms with van der Waals surface area (Å²) < 4.78 is 39.1. The first kappa shape index (κ1) is 28.9. The lowest BCUT2D eigenvalue weighted by molar-refractivity contribution is -0.176. The maximum atomic E-state index is 13.6. The summed E-state index contributed by atoms with van der Waals surface area (Å²) in [7, 11) is 1.69. The summed E-state index contributed by atoms with van der Waals surface area (Å²) in [5.41, 5.74) is -0.869. The van der Waals surface area contributed by atoms with Crippen LogP contribution in [0.4, 0.5) is 13.2 Å². The first-order valence-electron chi connectivity index (χ1n) is 12.7. The molecule has 39 heavy (non-hydrogen) atoms. The number of carbonyl (C=O) groups excluding carboxylic acids is 4. The standard InChI is InChI=1S/C26H32F3N5O4S/c1-24(2,3)19(32-23(38)26(27,28)29)22(37)34-11-13-17(25(13,4)5)18(34)20(35)31-14(10-30)16-9-12-15(39-16)7-8-33(6)21(12)36/h9,13-14,17-19H,7-8,11H2,1-6H3,(H,31,35)(H,32,38)/t13-,14?,17-,18-,19+/m0/s1. The van der Waals surface area contributed by atoms with Gasteiger partial charge in [-0.15, -0.1) is 11.3 Å². The van der Waals surface area contributed by atoms with E-state index >= 15 is 0 Å². The molecular weight excluding hydrogens is 535 g/mol. The van der Waals surface area contributed by atoms with Gasteiger partial charge < -0.3 is 20.4 Å². The predicted molar refractivity (Wildman–Crippen MR) is 135 cm³/mol. The molecule has 5 atom stereocenters. The molecule has 9 nitrogen and oxygen atoms in total. The maximum Gasteiger partial charge on any atom is 0.471 e. The van der Waals surface area contributed by atoms with E-state index in [1.54, 1.807) is 18.0 Å². The molecule has 1 aromatic rings. The number of amides is 4. The van der Waals surface area contributed by atoms with Crippen molar-refractivity contribution in [2.45, 2.75) is 65.3 Å². The number of hydrogen-bond donors (Lipinski definition) is 2. The number of likely N-dealkylation sites (tertiary alicyclic amines) is 1. The van der Waals surface area contributed by atoms with Gasteiger partial charge in [-0.3, -0.25) is 19.2 Å². The fourth-order valence-corrected chi connectivity index (χ4v) is 6.91. The molecule has 3 aliphatic rings. The first-order chi connectivity index (χ1) is 17.9. The molecule has 1 unspecified atom stereocenters. The minimum absolute atomic E-state index is 0.0566.